The third kappa shape index (κ3) is 5.76. The summed E-state index contributed by atoms with van der Waals surface area (Å²) in [6.45, 7) is 0. The van der Waals surface area contributed by atoms with Crippen LogP contribution in [0.2, 0.25) is 0 Å². The highest BCUT2D eigenvalue weighted by atomic mass is 32.2. The summed E-state index contributed by atoms with van der Waals surface area (Å²) in [5.74, 6) is -0.298. The molecule has 0 aliphatic heterocycles. The minimum Gasteiger partial charge on any atom is -0.497 e. The van der Waals surface area contributed by atoms with Crippen molar-refractivity contribution in [1.82, 2.24) is 0 Å². The van der Waals surface area contributed by atoms with Gasteiger partial charge in [-0.1, -0.05) is 24.3 Å². The molecule has 0 aliphatic rings. The summed E-state index contributed by atoms with van der Waals surface area (Å²) in [6, 6.07) is 18.5. The van der Waals surface area contributed by atoms with Crippen molar-refractivity contribution in [2.45, 2.75) is 4.90 Å². The van der Waals surface area contributed by atoms with E-state index < -0.39 is 31.5 Å². The van der Waals surface area contributed by atoms with E-state index in [1.807, 2.05) is 0 Å². The van der Waals surface area contributed by atoms with Crippen molar-refractivity contribution in [3.63, 3.8) is 0 Å². The highest BCUT2D eigenvalue weighted by Gasteiger charge is 2.21. The number of ether oxygens (including phenoxy) is 1. The lowest BCUT2D eigenvalue weighted by atomic mass is 10.1. The third-order valence-electron chi connectivity index (χ3n) is 4.45. The Kier molecular flexibility index (Phi) is 7.25. The Morgan fingerprint density at radius 3 is 2.44 bits per heavy atom. The van der Waals surface area contributed by atoms with Crippen molar-refractivity contribution in [3.8, 4) is 17.6 Å². The lowest BCUT2D eigenvalue weighted by molar-refractivity contribution is -0.385. The Labute approximate surface area is 194 Å². The number of hydrogen-bond acceptors (Lipinski definition) is 8. The standard InChI is InChI=1S/C23H17N3O7S/c1-32-20-11-9-18(10-12-20)25-23(27)17(15-24)13-16-5-2-3-8-22(16)33-34(30,31)21-7-4-6-19(14-21)26(28)29/h2-14H,1H3,(H,25,27)/b17-13+. The van der Waals surface area contributed by atoms with Crippen molar-refractivity contribution >= 4 is 33.5 Å². The second-order valence-corrected chi connectivity index (χ2v) is 8.23. The number of nitriles is 1. The molecule has 0 bridgehead atoms. The number of nitro benzene ring substituents is 1. The van der Waals surface area contributed by atoms with Crippen molar-refractivity contribution in [1.29, 1.82) is 5.26 Å². The molecule has 0 heterocycles. The Hall–Kier alpha value is -4.69. The van der Waals surface area contributed by atoms with Crippen LogP contribution in [-0.2, 0) is 14.9 Å². The molecule has 0 radical (unpaired) electrons. The number of nitrogens with one attached hydrogen (secondary N) is 1. The number of nitrogens with zero attached hydrogens (tertiary/aromatic N) is 2. The van der Waals surface area contributed by atoms with Crippen LogP contribution in [0.15, 0.2) is 83.3 Å². The first-order chi connectivity index (χ1) is 16.2. The van der Waals surface area contributed by atoms with E-state index in [1.54, 1.807) is 36.4 Å². The highest BCUT2D eigenvalue weighted by Crippen LogP contribution is 2.27. The van der Waals surface area contributed by atoms with E-state index in [9.17, 15) is 28.6 Å². The molecule has 3 aromatic rings. The Bertz CT molecular complexity index is 1410. The van der Waals surface area contributed by atoms with Gasteiger partial charge in [0.1, 0.15) is 28.0 Å². The highest BCUT2D eigenvalue weighted by molar-refractivity contribution is 7.87. The zero-order valence-corrected chi connectivity index (χ0v) is 18.5. The molecule has 3 aromatic carbocycles. The Morgan fingerprint density at radius 1 is 1.09 bits per heavy atom. The number of nitro groups is 1. The van der Waals surface area contributed by atoms with Gasteiger partial charge in [-0.3, -0.25) is 14.9 Å². The van der Waals surface area contributed by atoms with Gasteiger partial charge in [-0.2, -0.15) is 13.7 Å². The van der Waals surface area contributed by atoms with Crippen LogP contribution in [0, 0.1) is 21.4 Å². The number of para-hydroxylation sites is 1. The van der Waals surface area contributed by atoms with E-state index in [0.717, 1.165) is 18.2 Å². The summed E-state index contributed by atoms with van der Waals surface area (Å²) >= 11 is 0. The van der Waals surface area contributed by atoms with Gasteiger partial charge in [0.15, 0.2) is 0 Å². The molecule has 0 saturated heterocycles. The predicted octanol–water partition coefficient (Wildman–Crippen LogP) is 3.92. The molecule has 0 atom stereocenters. The lowest BCUT2D eigenvalue weighted by Gasteiger charge is -2.10. The molecule has 0 spiro atoms. The molecule has 11 heteroatoms. The lowest BCUT2D eigenvalue weighted by Crippen LogP contribution is -2.14. The van der Waals surface area contributed by atoms with Gasteiger partial charge >= 0.3 is 10.1 Å². The number of methoxy groups -OCH3 is 1. The summed E-state index contributed by atoms with van der Waals surface area (Å²) in [6.07, 6.45) is 1.18. The molecule has 0 aliphatic carbocycles. The fourth-order valence-corrected chi connectivity index (χ4v) is 3.77. The molecule has 1 amide bonds. The Balaban J connectivity index is 1.88. The summed E-state index contributed by atoms with van der Waals surface area (Å²) < 4.78 is 35.6. The monoisotopic (exact) mass is 479 g/mol. The normalized spacial score (nSPS) is 11.2. The van der Waals surface area contributed by atoms with Gasteiger partial charge in [-0.05, 0) is 42.5 Å². The second kappa shape index (κ2) is 10.3. The molecule has 0 saturated carbocycles. The Morgan fingerprint density at radius 2 is 1.79 bits per heavy atom. The van der Waals surface area contributed by atoms with Gasteiger partial charge < -0.3 is 14.2 Å². The maximum atomic E-state index is 12.7. The number of carbonyl (C=O) groups excluding carboxylic acids is 1. The first-order valence-electron chi connectivity index (χ1n) is 9.58. The molecule has 1 N–H and O–H groups in total. The van der Waals surface area contributed by atoms with Crippen LogP contribution in [0.4, 0.5) is 11.4 Å². The molecule has 3 rings (SSSR count). The van der Waals surface area contributed by atoms with Crippen molar-refractivity contribution in [2.75, 3.05) is 12.4 Å². The van der Waals surface area contributed by atoms with Crippen molar-refractivity contribution in [2.24, 2.45) is 0 Å². The quantitative estimate of drug-likeness (QED) is 0.168. The van der Waals surface area contributed by atoms with E-state index in [2.05, 4.69) is 5.32 Å². The number of carbonyl (C=O) groups is 1. The fourth-order valence-electron chi connectivity index (χ4n) is 2.77. The molecular formula is C23H17N3O7S. The third-order valence-corrected chi connectivity index (χ3v) is 5.68. The van der Waals surface area contributed by atoms with Gasteiger partial charge in [-0.15, -0.1) is 0 Å². The fraction of sp³-hybridized carbons (Fsp3) is 0.0435. The first-order valence-corrected chi connectivity index (χ1v) is 11.0. The number of benzene rings is 3. The summed E-state index contributed by atoms with van der Waals surface area (Å²) in [5, 5.41) is 23.0. The molecule has 34 heavy (non-hydrogen) atoms. The van der Waals surface area contributed by atoms with Gasteiger partial charge in [0.05, 0.1) is 12.0 Å². The summed E-state index contributed by atoms with van der Waals surface area (Å²) in [4.78, 5) is 22.4. The maximum absolute atomic E-state index is 12.7. The van der Waals surface area contributed by atoms with Crippen molar-refractivity contribution < 1.29 is 27.1 Å². The SMILES string of the molecule is COc1ccc(NC(=O)/C(C#N)=C/c2ccccc2OS(=O)(=O)c2cccc([N+](=O)[O-])c2)cc1. The first kappa shape index (κ1) is 24.0. The number of amides is 1. The van der Waals surface area contributed by atoms with Crippen LogP contribution >= 0.6 is 0 Å². The van der Waals surface area contributed by atoms with Gasteiger partial charge in [-0.25, -0.2) is 0 Å². The molecule has 172 valence electrons. The zero-order valence-electron chi connectivity index (χ0n) is 17.7. The number of hydrogen-bond donors (Lipinski definition) is 1. The largest absolute Gasteiger partial charge is 0.497 e. The van der Waals surface area contributed by atoms with E-state index in [4.69, 9.17) is 8.92 Å². The van der Waals surface area contributed by atoms with Gasteiger partial charge in [0.25, 0.3) is 11.6 Å². The molecule has 0 unspecified atom stereocenters. The number of rotatable bonds is 8. The van der Waals surface area contributed by atoms with Crippen LogP contribution < -0.4 is 14.2 Å². The van der Waals surface area contributed by atoms with E-state index >= 15 is 0 Å². The van der Waals surface area contributed by atoms with Crippen LogP contribution in [-0.4, -0.2) is 26.4 Å². The van der Waals surface area contributed by atoms with Gasteiger partial charge in [0.2, 0.25) is 0 Å². The minimum absolute atomic E-state index is 0.137. The molecule has 10 nitrogen and oxygen atoms in total. The summed E-state index contributed by atoms with van der Waals surface area (Å²) in [7, 11) is -2.94. The van der Waals surface area contributed by atoms with Crippen LogP contribution in [0.3, 0.4) is 0 Å². The number of non-ortho nitro benzene ring substituents is 1. The zero-order chi connectivity index (χ0) is 24.7. The van der Waals surface area contributed by atoms with E-state index in [-0.39, 0.29) is 16.9 Å². The predicted molar refractivity (Wildman–Crippen MR) is 123 cm³/mol. The topological polar surface area (TPSA) is 149 Å². The van der Waals surface area contributed by atoms with Crippen LogP contribution in [0.25, 0.3) is 6.08 Å². The molecule has 0 aromatic heterocycles. The second-order valence-electron chi connectivity index (χ2n) is 6.68. The van der Waals surface area contributed by atoms with Crippen molar-refractivity contribution in [3.05, 3.63) is 94.0 Å². The smallest absolute Gasteiger partial charge is 0.339 e. The van der Waals surface area contributed by atoms with E-state index in [0.29, 0.717) is 11.4 Å². The average molecular weight is 479 g/mol. The average Bonchev–Trinajstić information content (AvgIpc) is 2.83. The molecular weight excluding hydrogens is 462 g/mol. The minimum atomic E-state index is -4.44. The van der Waals surface area contributed by atoms with Gasteiger partial charge in [0, 0.05) is 23.4 Å². The molecule has 0 fully saturated rings. The van der Waals surface area contributed by atoms with Crippen LogP contribution in [0.5, 0.6) is 11.5 Å². The summed E-state index contributed by atoms with van der Waals surface area (Å²) in [5.41, 5.74) is -0.165. The maximum Gasteiger partial charge on any atom is 0.339 e. The number of anilines is 1. The van der Waals surface area contributed by atoms with Crippen LogP contribution in [0.1, 0.15) is 5.56 Å². The van der Waals surface area contributed by atoms with E-state index in [1.165, 1.54) is 37.5 Å².